The predicted molar refractivity (Wildman–Crippen MR) is 327 cm³/mol. The Hall–Kier alpha value is -8.70. The summed E-state index contributed by atoms with van der Waals surface area (Å²) < 4.78 is 0. The van der Waals surface area contributed by atoms with Gasteiger partial charge < -0.3 is 4.90 Å². The van der Waals surface area contributed by atoms with Gasteiger partial charge in [-0.2, -0.15) is 0 Å². The molecular weight excluding hydrogens is 927 g/mol. The fraction of sp³-hybridized carbons (Fsp3) is 0.158. The zero-order valence-electron chi connectivity index (χ0n) is 44.3. The lowest BCUT2D eigenvalue weighted by atomic mass is 9.64. The first-order valence-electron chi connectivity index (χ1n) is 27.9. The minimum Gasteiger partial charge on any atom is -0.314 e. The van der Waals surface area contributed by atoms with Crippen molar-refractivity contribution >= 4 is 39.2 Å². The molecule has 0 saturated heterocycles. The molecule has 6 aliphatic carbocycles. The molecule has 2 unspecified atom stereocenters. The van der Waals surface area contributed by atoms with Crippen LogP contribution in [0.4, 0.5) is 11.4 Å². The number of aryl methyl sites for hydroxylation is 1. The maximum Gasteiger partial charge on any atom is 0.0673 e. The summed E-state index contributed by atoms with van der Waals surface area (Å²) in [5.41, 5.74) is 31.3. The number of fused-ring (bicyclic) bond motifs is 4. The number of benzene rings is 7. The molecular formula is C76H63N. The Morgan fingerprint density at radius 3 is 2.22 bits per heavy atom. The molecule has 0 aromatic heterocycles. The van der Waals surface area contributed by atoms with E-state index in [0.29, 0.717) is 5.92 Å². The number of allylic oxidation sites excluding steroid dienone is 19. The van der Waals surface area contributed by atoms with Crippen molar-refractivity contribution in [3.8, 4) is 34.6 Å². The Kier molecular flexibility index (Phi) is 12.5. The lowest BCUT2D eigenvalue weighted by Crippen LogP contribution is -2.31. The maximum absolute atomic E-state index is 5.51. The predicted octanol–water partition coefficient (Wildman–Crippen LogP) is 19.9. The van der Waals surface area contributed by atoms with Crippen molar-refractivity contribution in [1.29, 1.82) is 0 Å². The third-order valence-corrected chi connectivity index (χ3v) is 17.4. The highest BCUT2D eigenvalue weighted by molar-refractivity contribution is 5.97. The van der Waals surface area contributed by atoms with Crippen molar-refractivity contribution in [2.75, 3.05) is 4.90 Å². The molecule has 0 bridgehead atoms. The van der Waals surface area contributed by atoms with Gasteiger partial charge in [0.25, 0.3) is 0 Å². The molecule has 13 rings (SSSR count). The van der Waals surface area contributed by atoms with E-state index in [-0.39, 0.29) is 5.41 Å². The van der Waals surface area contributed by atoms with Crippen LogP contribution in [-0.4, -0.2) is 0 Å². The van der Waals surface area contributed by atoms with Crippen LogP contribution in [0.1, 0.15) is 114 Å². The Morgan fingerprint density at radius 2 is 1.44 bits per heavy atom. The molecule has 0 saturated carbocycles. The number of hydrogen-bond donors (Lipinski definition) is 0. The highest BCUT2D eigenvalue weighted by Gasteiger charge is 2.48. The van der Waals surface area contributed by atoms with E-state index in [1.54, 1.807) is 6.08 Å². The van der Waals surface area contributed by atoms with Crippen LogP contribution >= 0.6 is 0 Å². The lowest BCUT2D eigenvalue weighted by Gasteiger charge is -2.38. The molecule has 2 atom stereocenters. The van der Waals surface area contributed by atoms with Gasteiger partial charge in [0.05, 0.1) is 5.41 Å². The monoisotopic (exact) mass is 989 g/mol. The molecule has 1 nitrogen and oxygen atoms in total. The van der Waals surface area contributed by atoms with E-state index in [0.717, 1.165) is 73.9 Å². The molecule has 77 heavy (non-hydrogen) atoms. The number of nitrogens with zero attached hydrogens (tertiary/aromatic N) is 1. The van der Waals surface area contributed by atoms with E-state index in [1.165, 1.54) is 111 Å². The van der Waals surface area contributed by atoms with Crippen LogP contribution in [0.25, 0.3) is 50.1 Å². The van der Waals surface area contributed by atoms with Crippen LogP contribution in [-0.2, 0) is 5.41 Å². The molecule has 7 aromatic rings. The molecule has 0 fully saturated rings. The Bertz CT molecular complexity index is 3880. The van der Waals surface area contributed by atoms with E-state index in [4.69, 9.17) is 6.42 Å². The van der Waals surface area contributed by atoms with E-state index in [1.807, 2.05) is 6.08 Å². The summed E-state index contributed by atoms with van der Waals surface area (Å²) in [5, 5.41) is 0. The van der Waals surface area contributed by atoms with Crippen molar-refractivity contribution in [3.05, 3.63) is 304 Å². The summed E-state index contributed by atoms with van der Waals surface area (Å²) in [6.07, 6.45) is 36.5. The van der Waals surface area contributed by atoms with Crippen molar-refractivity contribution in [3.63, 3.8) is 0 Å². The lowest BCUT2D eigenvalue weighted by molar-refractivity contribution is 0.689. The molecule has 7 aromatic carbocycles. The van der Waals surface area contributed by atoms with Gasteiger partial charge in [-0.25, -0.2) is 0 Å². The summed E-state index contributed by atoms with van der Waals surface area (Å²) in [6.45, 7) is 8.76. The minimum absolute atomic E-state index is 0.276. The highest BCUT2D eigenvalue weighted by Crippen LogP contribution is 2.59. The summed E-state index contributed by atoms with van der Waals surface area (Å²) in [4.78, 5) is 2.49. The van der Waals surface area contributed by atoms with Crippen LogP contribution < -0.4 is 4.90 Å². The average molecular weight is 990 g/mol. The molecule has 0 amide bonds. The smallest absolute Gasteiger partial charge is 0.0673 e. The average Bonchev–Trinajstić information content (AvgIpc) is 4.27. The summed E-state index contributed by atoms with van der Waals surface area (Å²) in [6, 6.07) is 62.0. The van der Waals surface area contributed by atoms with E-state index in [2.05, 4.69) is 244 Å². The summed E-state index contributed by atoms with van der Waals surface area (Å²) >= 11 is 0. The molecule has 372 valence electrons. The zero-order valence-corrected chi connectivity index (χ0v) is 44.3. The second-order valence-electron chi connectivity index (χ2n) is 21.5. The van der Waals surface area contributed by atoms with Gasteiger partial charge in [0.15, 0.2) is 0 Å². The summed E-state index contributed by atoms with van der Waals surface area (Å²) in [5.74, 6) is 3.07. The Morgan fingerprint density at radius 1 is 0.675 bits per heavy atom. The first kappa shape index (κ1) is 48.0. The van der Waals surface area contributed by atoms with E-state index >= 15 is 0 Å². The van der Waals surface area contributed by atoms with Crippen LogP contribution in [0.2, 0.25) is 0 Å². The molecule has 0 heterocycles. The first-order chi connectivity index (χ1) is 37.9. The number of rotatable bonds is 12. The molecule has 0 spiro atoms. The fourth-order valence-corrected chi connectivity index (χ4v) is 13.8. The Labute approximate surface area is 456 Å². The molecule has 6 aliphatic rings. The highest BCUT2D eigenvalue weighted by atomic mass is 15.1. The van der Waals surface area contributed by atoms with Gasteiger partial charge in [0, 0.05) is 23.0 Å². The third kappa shape index (κ3) is 8.27. The van der Waals surface area contributed by atoms with Gasteiger partial charge in [0.1, 0.15) is 0 Å². The number of hydrogen-bond acceptors (Lipinski definition) is 1. The topological polar surface area (TPSA) is 3.24 Å². The minimum atomic E-state index is -0.276. The van der Waals surface area contributed by atoms with Gasteiger partial charge in [-0.05, 0) is 218 Å². The normalized spacial score (nSPS) is 19.0. The molecule has 0 N–H and O–H groups in total. The van der Waals surface area contributed by atoms with Crippen LogP contribution in [0.5, 0.6) is 0 Å². The van der Waals surface area contributed by atoms with Gasteiger partial charge in [-0.3, -0.25) is 0 Å². The van der Waals surface area contributed by atoms with Crippen LogP contribution in [0.15, 0.2) is 254 Å². The van der Waals surface area contributed by atoms with Gasteiger partial charge in [-0.15, -0.1) is 6.42 Å². The third-order valence-electron chi connectivity index (χ3n) is 17.4. The molecule has 0 radical (unpaired) electrons. The van der Waals surface area contributed by atoms with E-state index < -0.39 is 0 Å². The van der Waals surface area contributed by atoms with Crippen molar-refractivity contribution < 1.29 is 0 Å². The second kappa shape index (κ2) is 20.1. The fourth-order valence-electron chi connectivity index (χ4n) is 13.8. The van der Waals surface area contributed by atoms with Gasteiger partial charge in [0.2, 0.25) is 0 Å². The maximum atomic E-state index is 5.51. The number of anilines is 2. The summed E-state index contributed by atoms with van der Waals surface area (Å²) in [7, 11) is 0. The second-order valence-corrected chi connectivity index (χ2v) is 21.5. The largest absolute Gasteiger partial charge is 0.314 e. The van der Waals surface area contributed by atoms with E-state index in [9.17, 15) is 0 Å². The quantitative estimate of drug-likeness (QED) is 0.0871. The van der Waals surface area contributed by atoms with Crippen molar-refractivity contribution in [2.24, 2.45) is 0 Å². The number of terminal acetylenes is 1. The van der Waals surface area contributed by atoms with Gasteiger partial charge >= 0.3 is 0 Å². The first-order valence-corrected chi connectivity index (χ1v) is 27.9. The SMILES string of the molecule is C#C/C=C\C(=C)c1ccc(C2=CC=C(N(c3ccc(-c4cccc5c4C4=C(C=CC4)C5CC)cc3)c3cccc(-c4ccc(C5=CC6=C(CC5)C(C5=CCCC=C5)(c5ccccc5)c5ccccc56)cc4)c3)CC2)cc1C. The van der Waals surface area contributed by atoms with Crippen molar-refractivity contribution in [2.45, 2.75) is 76.5 Å². The molecule has 0 aliphatic heterocycles. The van der Waals surface area contributed by atoms with Crippen LogP contribution in [0.3, 0.4) is 0 Å². The Balaban J connectivity index is 0.842. The van der Waals surface area contributed by atoms with Crippen LogP contribution in [0, 0.1) is 19.3 Å². The molecule has 1 heteroatoms. The zero-order chi connectivity index (χ0) is 52.0. The van der Waals surface area contributed by atoms with Crippen molar-refractivity contribution in [1.82, 2.24) is 0 Å². The standard InChI is InChI=1S/C76H63N/c1-5-7-19-51(3)66-46-40-58(48-52(66)4)55-36-42-62(43-37-55)77(63-44-38-56(39-45-63)67-27-17-29-70-65(6-2)68-28-18-30-71(68)75(67)70)64-25-16-20-57(49-64)53-32-34-54(35-33-53)59-41-47-74-72(50-59)69-26-14-15-31-73(69)76(74,60-21-10-8-11-22-60)61-23-12-9-13-24-61/h1,7-8,10-12,14-29,31-36,38-40,42,44-46,48-50,65H,3,6,9,13,30,37,41,43,47H2,2,4H3/b19-7-. The van der Waals surface area contributed by atoms with Gasteiger partial charge in [-0.1, -0.05) is 201 Å².